The van der Waals surface area contributed by atoms with Crippen LogP contribution in [0.3, 0.4) is 0 Å². The molecule has 1 N–H and O–H groups in total. The lowest BCUT2D eigenvalue weighted by Crippen LogP contribution is -2.49. The summed E-state index contributed by atoms with van der Waals surface area (Å²) < 4.78 is 0. The van der Waals surface area contributed by atoms with Crippen molar-refractivity contribution in [2.75, 3.05) is 13.2 Å². The first-order valence-corrected chi connectivity index (χ1v) is 8.73. The fourth-order valence-corrected chi connectivity index (χ4v) is 3.99. The Morgan fingerprint density at radius 2 is 1.67 bits per heavy atom. The molecule has 0 spiro atoms. The number of carbonyl (C=O) groups is 1. The second-order valence-corrected chi connectivity index (χ2v) is 6.60. The van der Waals surface area contributed by atoms with Crippen molar-refractivity contribution in [2.24, 2.45) is 0 Å². The highest BCUT2D eigenvalue weighted by atomic mass is 16.3. The molecule has 0 radical (unpaired) electrons. The van der Waals surface area contributed by atoms with E-state index in [-0.39, 0.29) is 18.1 Å². The van der Waals surface area contributed by atoms with Crippen molar-refractivity contribution < 1.29 is 9.90 Å². The standard InChI is InChI=1S/C21H25NO2/c1-17-9-5-6-12-19(17)20(24)22(15-16-23)21(13-7-8-14-21)18-10-3-2-4-11-18/h2-6,9-12,23H,7-8,13-16H2,1H3. The molecule has 0 unspecified atom stereocenters. The van der Waals surface area contributed by atoms with E-state index in [9.17, 15) is 9.90 Å². The second kappa shape index (κ2) is 7.18. The van der Waals surface area contributed by atoms with Gasteiger partial charge in [0.15, 0.2) is 0 Å². The van der Waals surface area contributed by atoms with Gasteiger partial charge in [0.05, 0.1) is 12.1 Å². The van der Waals surface area contributed by atoms with E-state index in [1.54, 1.807) is 0 Å². The van der Waals surface area contributed by atoms with Crippen LogP contribution in [-0.4, -0.2) is 29.1 Å². The maximum atomic E-state index is 13.3. The second-order valence-electron chi connectivity index (χ2n) is 6.60. The lowest BCUT2D eigenvalue weighted by Gasteiger charge is -2.42. The molecule has 1 amide bonds. The Bertz CT molecular complexity index is 690. The van der Waals surface area contributed by atoms with Crippen LogP contribution in [0.25, 0.3) is 0 Å². The molecule has 2 aromatic rings. The first kappa shape index (κ1) is 16.7. The third-order valence-corrected chi connectivity index (χ3v) is 5.20. The van der Waals surface area contributed by atoms with Crippen LogP contribution in [0.4, 0.5) is 0 Å². The van der Waals surface area contributed by atoms with E-state index in [0.717, 1.165) is 36.8 Å². The lowest BCUT2D eigenvalue weighted by molar-refractivity contribution is 0.0399. The zero-order chi connectivity index (χ0) is 17.0. The monoisotopic (exact) mass is 323 g/mol. The number of amides is 1. The molecule has 1 aliphatic carbocycles. The molecule has 1 saturated carbocycles. The van der Waals surface area contributed by atoms with Gasteiger partial charge in [-0.15, -0.1) is 0 Å². The molecule has 0 bridgehead atoms. The summed E-state index contributed by atoms with van der Waals surface area (Å²) >= 11 is 0. The van der Waals surface area contributed by atoms with Gasteiger partial charge in [0.2, 0.25) is 0 Å². The summed E-state index contributed by atoms with van der Waals surface area (Å²) in [5.41, 5.74) is 2.58. The minimum Gasteiger partial charge on any atom is -0.395 e. The van der Waals surface area contributed by atoms with Crippen molar-refractivity contribution in [3.63, 3.8) is 0 Å². The van der Waals surface area contributed by atoms with Crippen molar-refractivity contribution in [1.82, 2.24) is 4.90 Å². The average Bonchev–Trinajstić information content (AvgIpc) is 3.11. The number of carbonyl (C=O) groups excluding carboxylic acids is 1. The number of nitrogens with zero attached hydrogens (tertiary/aromatic N) is 1. The summed E-state index contributed by atoms with van der Waals surface area (Å²) in [5, 5.41) is 9.63. The van der Waals surface area contributed by atoms with Gasteiger partial charge in [-0.25, -0.2) is 0 Å². The topological polar surface area (TPSA) is 40.5 Å². The van der Waals surface area contributed by atoms with Crippen LogP contribution in [0, 0.1) is 6.92 Å². The van der Waals surface area contributed by atoms with Gasteiger partial charge in [0.1, 0.15) is 0 Å². The van der Waals surface area contributed by atoms with E-state index in [1.165, 1.54) is 5.56 Å². The van der Waals surface area contributed by atoms with Gasteiger partial charge >= 0.3 is 0 Å². The molecule has 1 fully saturated rings. The molecule has 2 aromatic carbocycles. The number of benzene rings is 2. The number of hydrogen-bond donors (Lipinski definition) is 1. The molecule has 3 heteroatoms. The summed E-state index contributed by atoms with van der Waals surface area (Å²) in [5.74, 6) is 0.0212. The number of hydrogen-bond acceptors (Lipinski definition) is 2. The Kier molecular flexibility index (Phi) is 5.00. The molecule has 126 valence electrons. The number of aliphatic hydroxyl groups is 1. The van der Waals surface area contributed by atoms with Gasteiger partial charge in [-0.1, -0.05) is 61.4 Å². The maximum Gasteiger partial charge on any atom is 0.254 e. The van der Waals surface area contributed by atoms with Gasteiger partial charge in [-0.3, -0.25) is 4.79 Å². The van der Waals surface area contributed by atoms with Crippen LogP contribution in [0.5, 0.6) is 0 Å². The quantitative estimate of drug-likeness (QED) is 0.906. The molecule has 24 heavy (non-hydrogen) atoms. The van der Waals surface area contributed by atoms with Crippen LogP contribution in [0.1, 0.15) is 47.2 Å². The lowest BCUT2D eigenvalue weighted by atomic mass is 9.85. The fraction of sp³-hybridized carbons (Fsp3) is 0.381. The smallest absolute Gasteiger partial charge is 0.254 e. The van der Waals surface area contributed by atoms with E-state index >= 15 is 0 Å². The molecular weight excluding hydrogens is 298 g/mol. The van der Waals surface area contributed by atoms with Crippen molar-refractivity contribution in [1.29, 1.82) is 0 Å². The van der Waals surface area contributed by atoms with Crippen LogP contribution in [0.2, 0.25) is 0 Å². The molecule has 0 aromatic heterocycles. The number of aliphatic hydroxyl groups excluding tert-OH is 1. The number of rotatable bonds is 5. The molecule has 0 atom stereocenters. The van der Waals surface area contributed by atoms with Gasteiger partial charge in [-0.05, 0) is 37.0 Å². The SMILES string of the molecule is Cc1ccccc1C(=O)N(CCO)C1(c2ccccc2)CCCC1. The van der Waals surface area contributed by atoms with Gasteiger partial charge in [0.25, 0.3) is 5.91 Å². The average molecular weight is 323 g/mol. The number of aryl methyl sites for hydroxylation is 1. The highest BCUT2D eigenvalue weighted by Crippen LogP contribution is 2.44. The maximum absolute atomic E-state index is 13.3. The Morgan fingerprint density at radius 1 is 1.04 bits per heavy atom. The van der Waals surface area contributed by atoms with E-state index in [4.69, 9.17) is 0 Å². The van der Waals surface area contributed by atoms with Crippen LogP contribution < -0.4 is 0 Å². The van der Waals surface area contributed by atoms with E-state index in [1.807, 2.05) is 54.3 Å². The summed E-state index contributed by atoms with van der Waals surface area (Å²) in [6.07, 6.45) is 4.12. The van der Waals surface area contributed by atoms with Crippen molar-refractivity contribution in [2.45, 2.75) is 38.1 Å². The van der Waals surface area contributed by atoms with Crippen LogP contribution >= 0.6 is 0 Å². The summed E-state index contributed by atoms with van der Waals surface area (Å²) in [6.45, 7) is 2.31. The van der Waals surface area contributed by atoms with Crippen molar-refractivity contribution in [3.05, 3.63) is 71.3 Å². The molecular formula is C21H25NO2. The van der Waals surface area contributed by atoms with Crippen LogP contribution in [-0.2, 0) is 5.54 Å². The van der Waals surface area contributed by atoms with Gasteiger partial charge < -0.3 is 10.0 Å². The van der Waals surface area contributed by atoms with Crippen molar-refractivity contribution in [3.8, 4) is 0 Å². The molecule has 0 aliphatic heterocycles. The molecule has 1 aliphatic rings. The first-order chi connectivity index (χ1) is 11.7. The van der Waals surface area contributed by atoms with Crippen molar-refractivity contribution >= 4 is 5.91 Å². The predicted octanol–water partition coefficient (Wildman–Crippen LogP) is 3.90. The molecule has 3 nitrogen and oxygen atoms in total. The van der Waals surface area contributed by atoms with E-state index < -0.39 is 0 Å². The fourth-order valence-electron chi connectivity index (χ4n) is 3.99. The molecule has 3 rings (SSSR count). The third kappa shape index (κ3) is 2.96. The largest absolute Gasteiger partial charge is 0.395 e. The van der Waals surface area contributed by atoms with Crippen LogP contribution in [0.15, 0.2) is 54.6 Å². The first-order valence-electron chi connectivity index (χ1n) is 8.73. The van der Waals surface area contributed by atoms with Gasteiger partial charge in [-0.2, -0.15) is 0 Å². The zero-order valence-corrected chi connectivity index (χ0v) is 14.2. The Balaban J connectivity index is 2.05. The highest BCUT2D eigenvalue weighted by Gasteiger charge is 2.43. The third-order valence-electron chi connectivity index (χ3n) is 5.20. The summed E-state index contributed by atoms with van der Waals surface area (Å²) in [7, 11) is 0. The highest BCUT2D eigenvalue weighted by molar-refractivity contribution is 5.96. The minimum absolute atomic E-state index is 0.0212. The normalized spacial score (nSPS) is 16.1. The molecule has 0 heterocycles. The van der Waals surface area contributed by atoms with E-state index in [0.29, 0.717) is 6.54 Å². The van der Waals surface area contributed by atoms with Gasteiger partial charge in [0, 0.05) is 12.1 Å². The Morgan fingerprint density at radius 3 is 2.29 bits per heavy atom. The van der Waals surface area contributed by atoms with E-state index in [2.05, 4.69) is 12.1 Å². The predicted molar refractivity (Wildman–Crippen MR) is 95.9 cm³/mol. The molecule has 0 saturated heterocycles. The summed E-state index contributed by atoms with van der Waals surface area (Å²) in [6, 6.07) is 18.0. The summed E-state index contributed by atoms with van der Waals surface area (Å²) in [4.78, 5) is 15.3. The zero-order valence-electron chi connectivity index (χ0n) is 14.2. The Hall–Kier alpha value is -2.13. The minimum atomic E-state index is -0.302. The Labute approximate surface area is 143 Å².